The number of aryl methyl sites for hydroxylation is 2. The maximum Gasteiger partial charge on any atom is 0.305 e. The van der Waals surface area contributed by atoms with Crippen LogP contribution in [0.15, 0.2) is 54.6 Å². The minimum Gasteiger partial charge on any atom is -0.481 e. The first-order valence-electron chi connectivity index (χ1n) is 8.74. The Morgan fingerprint density at radius 1 is 0.962 bits per heavy atom. The Morgan fingerprint density at radius 3 is 2.08 bits per heavy atom. The van der Waals surface area contributed by atoms with Crippen LogP contribution in [0.5, 0.6) is 0 Å². The molecule has 0 aliphatic heterocycles. The van der Waals surface area contributed by atoms with Gasteiger partial charge in [-0.2, -0.15) is 0 Å². The highest BCUT2D eigenvalue weighted by Crippen LogP contribution is 2.10. The number of carbonyl (C=O) groups is 2. The van der Waals surface area contributed by atoms with Crippen molar-refractivity contribution in [3.8, 4) is 0 Å². The number of hydrogen-bond acceptors (Lipinski definition) is 3. The molecular formula is C21H26N2O3. The second kappa shape index (κ2) is 9.73. The summed E-state index contributed by atoms with van der Waals surface area (Å²) in [4.78, 5) is 25.2. The molecule has 0 aliphatic carbocycles. The Labute approximate surface area is 154 Å². The summed E-state index contributed by atoms with van der Waals surface area (Å²) in [5, 5.41) is 11.8. The number of amides is 1. The number of nitrogens with one attached hydrogen (secondary N) is 1. The lowest BCUT2D eigenvalue weighted by molar-refractivity contribution is -0.137. The normalized spacial score (nSPS) is 12.0. The van der Waals surface area contributed by atoms with Crippen molar-refractivity contribution < 1.29 is 14.7 Å². The summed E-state index contributed by atoms with van der Waals surface area (Å²) < 4.78 is 0. The second-order valence-electron chi connectivity index (χ2n) is 6.71. The van der Waals surface area contributed by atoms with Crippen molar-refractivity contribution in [2.24, 2.45) is 0 Å². The lowest BCUT2D eigenvalue weighted by Crippen LogP contribution is -2.43. The number of carboxylic acids is 1. The van der Waals surface area contributed by atoms with Crippen LogP contribution in [-0.4, -0.2) is 48.6 Å². The number of carboxylic acid groups (broad SMARTS) is 1. The highest BCUT2D eigenvalue weighted by atomic mass is 16.4. The second-order valence-corrected chi connectivity index (χ2v) is 6.71. The van der Waals surface area contributed by atoms with Crippen molar-refractivity contribution in [3.63, 3.8) is 0 Å². The summed E-state index contributed by atoms with van der Waals surface area (Å²) in [7, 11) is 3.70. The van der Waals surface area contributed by atoms with Crippen molar-refractivity contribution >= 4 is 11.9 Å². The molecule has 0 saturated carbocycles. The van der Waals surface area contributed by atoms with E-state index in [9.17, 15) is 9.59 Å². The largest absolute Gasteiger partial charge is 0.481 e. The molecule has 5 heteroatoms. The van der Waals surface area contributed by atoms with E-state index in [0.717, 1.165) is 12.8 Å². The van der Waals surface area contributed by atoms with E-state index in [4.69, 9.17) is 5.11 Å². The van der Waals surface area contributed by atoms with E-state index in [2.05, 4.69) is 17.4 Å². The van der Waals surface area contributed by atoms with Crippen LogP contribution in [0.2, 0.25) is 0 Å². The molecule has 26 heavy (non-hydrogen) atoms. The molecule has 0 fully saturated rings. The van der Waals surface area contributed by atoms with Crippen LogP contribution in [-0.2, 0) is 17.6 Å². The predicted molar refractivity (Wildman–Crippen MR) is 102 cm³/mol. The van der Waals surface area contributed by atoms with Gasteiger partial charge in [0.15, 0.2) is 0 Å². The molecular weight excluding hydrogens is 328 g/mol. The van der Waals surface area contributed by atoms with Crippen LogP contribution in [0.25, 0.3) is 0 Å². The number of aliphatic carboxylic acids is 1. The number of carbonyl (C=O) groups excluding carboxylic acids is 1. The molecule has 0 saturated heterocycles. The van der Waals surface area contributed by atoms with Crippen LogP contribution in [0.4, 0.5) is 0 Å². The highest BCUT2D eigenvalue weighted by molar-refractivity contribution is 5.94. The standard InChI is InChI=1S/C21H26N2O3/c1-23(2)15-19(14-20(24)25)22-21(26)18-12-10-17(11-13-18)9-8-16-6-4-3-5-7-16/h3-7,10-13,19H,8-9,14-15H2,1-2H3,(H,22,26)(H,24,25)/t19-/m1/s1. The van der Waals surface area contributed by atoms with Crippen molar-refractivity contribution in [1.82, 2.24) is 10.2 Å². The number of hydrogen-bond donors (Lipinski definition) is 2. The molecule has 0 spiro atoms. The SMILES string of the molecule is CN(C)C[C@@H](CC(=O)O)NC(=O)c1ccc(CCc2ccccc2)cc1. The molecule has 2 rings (SSSR count). The third-order valence-electron chi connectivity index (χ3n) is 4.10. The minimum absolute atomic E-state index is 0.0981. The lowest BCUT2D eigenvalue weighted by atomic mass is 10.0. The van der Waals surface area contributed by atoms with Gasteiger partial charge in [0.05, 0.1) is 12.5 Å². The fourth-order valence-corrected chi connectivity index (χ4v) is 2.84. The molecule has 0 unspecified atom stereocenters. The van der Waals surface area contributed by atoms with Gasteiger partial charge in [-0.05, 0) is 50.2 Å². The zero-order chi connectivity index (χ0) is 18.9. The van der Waals surface area contributed by atoms with Gasteiger partial charge in [0, 0.05) is 12.1 Å². The first-order valence-corrected chi connectivity index (χ1v) is 8.74. The maximum atomic E-state index is 12.4. The highest BCUT2D eigenvalue weighted by Gasteiger charge is 2.17. The molecule has 0 radical (unpaired) electrons. The monoisotopic (exact) mass is 354 g/mol. The predicted octanol–water partition coefficient (Wildman–Crippen LogP) is 2.61. The molecule has 138 valence electrons. The van der Waals surface area contributed by atoms with E-state index in [1.807, 2.05) is 49.3 Å². The summed E-state index contributed by atoms with van der Waals surface area (Å²) >= 11 is 0. The van der Waals surface area contributed by atoms with Gasteiger partial charge in [-0.1, -0.05) is 42.5 Å². The van der Waals surface area contributed by atoms with E-state index >= 15 is 0 Å². The van der Waals surface area contributed by atoms with Gasteiger partial charge in [-0.3, -0.25) is 9.59 Å². The summed E-state index contributed by atoms with van der Waals surface area (Å²) in [6.45, 7) is 0.479. The first kappa shape index (κ1) is 19.7. The summed E-state index contributed by atoms with van der Waals surface area (Å²) in [5.74, 6) is -1.17. The Bertz CT molecular complexity index is 712. The molecule has 5 nitrogen and oxygen atoms in total. The fraction of sp³-hybridized carbons (Fsp3) is 0.333. The number of nitrogens with zero attached hydrogens (tertiary/aromatic N) is 1. The Kier molecular flexibility index (Phi) is 7.36. The third-order valence-corrected chi connectivity index (χ3v) is 4.10. The molecule has 0 bridgehead atoms. The minimum atomic E-state index is -0.923. The van der Waals surface area contributed by atoms with Gasteiger partial charge in [0.2, 0.25) is 0 Å². The van der Waals surface area contributed by atoms with E-state index in [1.165, 1.54) is 11.1 Å². The Hall–Kier alpha value is -2.66. The topological polar surface area (TPSA) is 69.6 Å². The van der Waals surface area contributed by atoms with Crippen LogP contribution in [0, 0.1) is 0 Å². The lowest BCUT2D eigenvalue weighted by Gasteiger charge is -2.21. The summed E-state index contributed by atoms with van der Waals surface area (Å²) in [5.41, 5.74) is 3.00. The van der Waals surface area contributed by atoms with Gasteiger partial charge < -0.3 is 15.3 Å². The van der Waals surface area contributed by atoms with Crippen molar-refractivity contribution in [2.45, 2.75) is 25.3 Å². The van der Waals surface area contributed by atoms with Gasteiger partial charge in [-0.15, -0.1) is 0 Å². The van der Waals surface area contributed by atoms with Gasteiger partial charge in [-0.25, -0.2) is 0 Å². The van der Waals surface area contributed by atoms with Crippen LogP contribution in [0.1, 0.15) is 27.9 Å². The van der Waals surface area contributed by atoms with E-state index < -0.39 is 12.0 Å². The smallest absolute Gasteiger partial charge is 0.305 e. The number of rotatable bonds is 9. The van der Waals surface area contributed by atoms with E-state index in [-0.39, 0.29) is 12.3 Å². The molecule has 2 N–H and O–H groups in total. The molecule has 0 aliphatic rings. The van der Waals surface area contributed by atoms with Crippen LogP contribution in [0.3, 0.4) is 0 Å². The first-order chi connectivity index (χ1) is 12.4. The van der Waals surface area contributed by atoms with Crippen molar-refractivity contribution in [1.29, 1.82) is 0 Å². The van der Waals surface area contributed by atoms with E-state index in [0.29, 0.717) is 12.1 Å². The van der Waals surface area contributed by atoms with Crippen LogP contribution >= 0.6 is 0 Å². The Balaban J connectivity index is 1.93. The average molecular weight is 354 g/mol. The van der Waals surface area contributed by atoms with E-state index in [1.54, 1.807) is 12.1 Å². The zero-order valence-electron chi connectivity index (χ0n) is 15.3. The maximum absolute atomic E-state index is 12.4. The molecule has 2 aromatic rings. The van der Waals surface area contributed by atoms with Crippen molar-refractivity contribution in [2.75, 3.05) is 20.6 Å². The fourth-order valence-electron chi connectivity index (χ4n) is 2.84. The molecule has 0 aromatic heterocycles. The molecule has 1 atom stereocenters. The summed E-state index contributed by atoms with van der Waals surface area (Å²) in [6.07, 6.45) is 1.77. The van der Waals surface area contributed by atoms with Crippen LogP contribution < -0.4 is 5.32 Å². The number of likely N-dealkylation sites (N-methyl/N-ethyl adjacent to an activating group) is 1. The quantitative estimate of drug-likeness (QED) is 0.726. The van der Waals surface area contributed by atoms with Crippen molar-refractivity contribution in [3.05, 3.63) is 71.3 Å². The zero-order valence-corrected chi connectivity index (χ0v) is 15.3. The van der Waals surface area contributed by atoms with Gasteiger partial charge in [0.25, 0.3) is 5.91 Å². The van der Waals surface area contributed by atoms with Gasteiger partial charge >= 0.3 is 5.97 Å². The molecule has 0 heterocycles. The Morgan fingerprint density at radius 2 is 1.54 bits per heavy atom. The number of benzene rings is 2. The summed E-state index contributed by atoms with van der Waals surface area (Å²) in [6, 6.07) is 17.4. The average Bonchev–Trinajstić information content (AvgIpc) is 2.60. The third kappa shape index (κ3) is 6.69. The van der Waals surface area contributed by atoms with Gasteiger partial charge in [0.1, 0.15) is 0 Å². The molecule has 2 aromatic carbocycles. The molecule has 1 amide bonds.